The van der Waals surface area contributed by atoms with E-state index in [1.807, 2.05) is 54.3 Å². The first-order valence-corrected chi connectivity index (χ1v) is 11.3. The van der Waals surface area contributed by atoms with Crippen LogP contribution >= 0.6 is 0 Å². The molecule has 1 saturated carbocycles. The van der Waals surface area contributed by atoms with E-state index in [9.17, 15) is 9.59 Å². The predicted octanol–water partition coefficient (Wildman–Crippen LogP) is 2.83. The Morgan fingerprint density at radius 2 is 1.74 bits per heavy atom. The van der Waals surface area contributed by atoms with Gasteiger partial charge in [0.15, 0.2) is 5.82 Å². The van der Waals surface area contributed by atoms with Gasteiger partial charge in [-0.15, -0.1) is 10.2 Å². The Morgan fingerprint density at radius 3 is 2.32 bits per heavy atom. The van der Waals surface area contributed by atoms with E-state index in [1.54, 1.807) is 4.90 Å². The van der Waals surface area contributed by atoms with Gasteiger partial charge in [0.25, 0.3) is 0 Å². The third kappa shape index (κ3) is 5.03. The summed E-state index contributed by atoms with van der Waals surface area (Å²) in [7, 11) is 0. The molecule has 1 atom stereocenters. The molecule has 2 amide bonds. The molecule has 1 aromatic heterocycles. The molecular formula is C24H31N5O2. The van der Waals surface area contributed by atoms with Crippen molar-refractivity contribution in [2.75, 3.05) is 37.6 Å². The van der Waals surface area contributed by atoms with Gasteiger partial charge in [0, 0.05) is 43.7 Å². The average Bonchev–Trinajstić information content (AvgIpc) is 3.68. The number of benzene rings is 1. The molecule has 2 aliphatic rings. The molecule has 0 spiro atoms. The van der Waals surface area contributed by atoms with Crippen LogP contribution in [0.1, 0.15) is 33.1 Å². The zero-order valence-corrected chi connectivity index (χ0v) is 18.4. The number of aromatic nitrogens is 2. The molecule has 1 saturated heterocycles. The number of hydrogen-bond donors (Lipinski definition) is 0. The van der Waals surface area contributed by atoms with Crippen molar-refractivity contribution in [2.24, 2.45) is 5.92 Å². The van der Waals surface area contributed by atoms with Crippen LogP contribution in [0.3, 0.4) is 0 Å². The topological polar surface area (TPSA) is 69.6 Å². The highest BCUT2D eigenvalue weighted by Gasteiger charge is 2.36. The van der Waals surface area contributed by atoms with Gasteiger partial charge in [-0.25, -0.2) is 0 Å². The minimum absolute atomic E-state index is 0.0412. The number of piperazine rings is 1. The van der Waals surface area contributed by atoms with E-state index in [2.05, 4.69) is 22.0 Å². The highest BCUT2D eigenvalue weighted by atomic mass is 16.2. The largest absolute Gasteiger partial charge is 0.352 e. The predicted molar refractivity (Wildman–Crippen MR) is 120 cm³/mol. The maximum absolute atomic E-state index is 12.9. The zero-order chi connectivity index (χ0) is 21.8. The van der Waals surface area contributed by atoms with Crippen molar-refractivity contribution >= 4 is 17.6 Å². The summed E-state index contributed by atoms with van der Waals surface area (Å²) in [4.78, 5) is 31.4. The average molecular weight is 422 g/mol. The molecule has 4 rings (SSSR count). The Hall–Kier alpha value is -2.96. The van der Waals surface area contributed by atoms with Crippen LogP contribution in [-0.2, 0) is 9.59 Å². The van der Waals surface area contributed by atoms with Gasteiger partial charge < -0.3 is 14.7 Å². The molecule has 1 aromatic carbocycles. The normalized spacial score (nSPS) is 17.4. The van der Waals surface area contributed by atoms with Crippen LogP contribution in [0, 0.1) is 5.92 Å². The summed E-state index contributed by atoms with van der Waals surface area (Å²) in [5.41, 5.74) is 1.90. The van der Waals surface area contributed by atoms with Crippen molar-refractivity contribution in [2.45, 2.75) is 39.2 Å². The Balaban J connectivity index is 1.32. The van der Waals surface area contributed by atoms with E-state index >= 15 is 0 Å². The van der Waals surface area contributed by atoms with Crippen LogP contribution in [0.25, 0.3) is 11.3 Å². The second-order valence-corrected chi connectivity index (χ2v) is 8.51. The van der Waals surface area contributed by atoms with Crippen molar-refractivity contribution < 1.29 is 9.59 Å². The summed E-state index contributed by atoms with van der Waals surface area (Å²) in [6, 6.07) is 14.1. The van der Waals surface area contributed by atoms with Gasteiger partial charge >= 0.3 is 0 Å². The van der Waals surface area contributed by atoms with E-state index in [0.717, 1.165) is 36.3 Å². The SMILES string of the molecule is CC[C@@H](C)N(CC(=O)N1CCN(c2ccc(-c3ccccc3)nn2)CC1)C(=O)C1CC1. The molecule has 0 radical (unpaired) electrons. The highest BCUT2D eigenvalue weighted by molar-refractivity contribution is 5.87. The van der Waals surface area contributed by atoms with Crippen molar-refractivity contribution in [3.63, 3.8) is 0 Å². The fourth-order valence-corrected chi connectivity index (χ4v) is 3.92. The van der Waals surface area contributed by atoms with Gasteiger partial charge in [-0.05, 0) is 38.3 Å². The van der Waals surface area contributed by atoms with Crippen LogP contribution in [0.4, 0.5) is 5.82 Å². The fourth-order valence-electron chi connectivity index (χ4n) is 3.92. The van der Waals surface area contributed by atoms with Crippen molar-refractivity contribution in [1.82, 2.24) is 20.0 Å². The molecule has 7 heteroatoms. The molecule has 1 aliphatic heterocycles. The fraction of sp³-hybridized carbons (Fsp3) is 0.500. The summed E-state index contributed by atoms with van der Waals surface area (Å²) in [5.74, 6) is 1.16. The quantitative estimate of drug-likeness (QED) is 0.688. The van der Waals surface area contributed by atoms with Gasteiger partial charge in [-0.2, -0.15) is 0 Å². The molecule has 0 unspecified atom stereocenters. The Bertz CT molecular complexity index is 890. The van der Waals surface area contributed by atoms with E-state index < -0.39 is 0 Å². The van der Waals surface area contributed by atoms with Gasteiger partial charge in [0.05, 0.1) is 12.2 Å². The summed E-state index contributed by atoms with van der Waals surface area (Å²) in [6.45, 7) is 6.97. The summed E-state index contributed by atoms with van der Waals surface area (Å²) in [5, 5.41) is 8.77. The van der Waals surface area contributed by atoms with Crippen LogP contribution in [0.15, 0.2) is 42.5 Å². The molecule has 1 aliphatic carbocycles. The molecule has 2 aromatic rings. The molecular weight excluding hydrogens is 390 g/mol. The number of hydrogen-bond acceptors (Lipinski definition) is 5. The van der Waals surface area contributed by atoms with Crippen molar-refractivity contribution in [3.8, 4) is 11.3 Å². The molecule has 0 bridgehead atoms. The summed E-state index contributed by atoms with van der Waals surface area (Å²) < 4.78 is 0. The van der Waals surface area contributed by atoms with Crippen LogP contribution in [0.2, 0.25) is 0 Å². The van der Waals surface area contributed by atoms with Gasteiger partial charge in [-0.3, -0.25) is 9.59 Å². The van der Waals surface area contributed by atoms with E-state index in [1.165, 1.54) is 0 Å². The molecule has 7 nitrogen and oxygen atoms in total. The first-order valence-electron chi connectivity index (χ1n) is 11.3. The third-order valence-corrected chi connectivity index (χ3v) is 6.31. The smallest absolute Gasteiger partial charge is 0.242 e. The second-order valence-electron chi connectivity index (χ2n) is 8.51. The van der Waals surface area contributed by atoms with Crippen LogP contribution < -0.4 is 4.90 Å². The number of nitrogens with zero attached hydrogens (tertiary/aromatic N) is 5. The lowest BCUT2D eigenvalue weighted by atomic mass is 10.1. The number of carbonyl (C=O) groups excluding carboxylic acids is 2. The highest BCUT2D eigenvalue weighted by Crippen LogP contribution is 2.32. The third-order valence-electron chi connectivity index (χ3n) is 6.31. The van der Waals surface area contributed by atoms with Gasteiger partial charge in [-0.1, -0.05) is 37.3 Å². The number of anilines is 1. The summed E-state index contributed by atoms with van der Waals surface area (Å²) >= 11 is 0. The maximum Gasteiger partial charge on any atom is 0.242 e. The maximum atomic E-state index is 12.9. The van der Waals surface area contributed by atoms with Crippen LogP contribution in [-0.4, -0.2) is 70.6 Å². The van der Waals surface area contributed by atoms with Gasteiger partial charge in [0.2, 0.25) is 11.8 Å². The first-order chi connectivity index (χ1) is 15.1. The first kappa shape index (κ1) is 21.3. The number of rotatable bonds is 7. The molecule has 164 valence electrons. The standard InChI is InChI=1S/C24H31N5O2/c1-3-18(2)29(24(31)20-9-10-20)17-23(30)28-15-13-27(14-16-28)22-12-11-21(25-26-22)19-7-5-4-6-8-19/h4-8,11-12,18,20H,3,9-10,13-17H2,1-2H3/t18-/m1/s1. The number of amides is 2. The van der Waals surface area contributed by atoms with E-state index in [-0.39, 0.29) is 30.3 Å². The molecule has 2 heterocycles. The minimum Gasteiger partial charge on any atom is -0.352 e. The minimum atomic E-state index is 0.0412. The lowest BCUT2D eigenvalue weighted by Crippen LogP contribution is -2.53. The van der Waals surface area contributed by atoms with E-state index in [4.69, 9.17) is 0 Å². The van der Waals surface area contributed by atoms with Crippen molar-refractivity contribution in [1.29, 1.82) is 0 Å². The number of carbonyl (C=O) groups is 2. The lowest BCUT2D eigenvalue weighted by molar-refractivity contribution is -0.143. The van der Waals surface area contributed by atoms with Gasteiger partial charge in [0.1, 0.15) is 0 Å². The molecule has 31 heavy (non-hydrogen) atoms. The Labute approximate surface area is 184 Å². The Kier molecular flexibility index (Phi) is 6.49. The van der Waals surface area contributed by atoms with E-state index in [0.29, 0.717) is 26.2 Å². The Morgan fingerprint density at radius 1 is 1.03 bits per heavy atom. The summed E-state index contributed by atoms with van der Waals surface area (Å²) in [6.07, 6.45) is 2.78. The molecule has 2 fully saturated rings. The van der Waals surface area contributed by atoms with Crippen LogP contribution in [0.5, 0.6) is 0 Å². The zero-order valence-electron chi connectivity index (χ0n) is 18.4. The van der Waals surface area contributed by atoms with Crippen molar-refractivity contribution in [3.05, 3.63) is 42.5 Å². The molecule has 0 N–H and O–H groups in total. The lowest BCUT2D eigenvalue weighted by Gasteiger charge is -2.37. The monoisotopic (exact) mass is 421 g/mol. The second kappa shape index (κ2) is 9.45.